The van der Waals surface area contributed by atoms with Crippen molar-refractivity contribution in [2.75, 3.05) is 40.3 Å². The Morgan fingerprint density at radius 1 is 1.40 bits per heavy atom. The molecule has 0 radical (unpaired) electrons. The van der Waals surface area contributed by atoms with Gasteiger partial charge in [-0.1, -0.05) is 0 Å². The van der Waals surface area contributed by atoms with Crippen LogP contribution in [0.5, 0.6) is 0 Å². The number of likely N-dealkylation sites (tertiary alicyclic amines) is 1. The Labute approximate surface area is 91.9 Å². The van der Waals surface area contributed by atoms with E-state index in [0.717, 1.165) is 39.0 Å². The fourth-order valence-corrected chi connectivity index (χ4v) is 2.01. The van der Waals surface area contributed by atoms with E-state index < -0.39 is 5.97 Å². The van der Waals surface area contributed by atoms with Crippen molar-refractivity contribution in [3.05, 3.63) is 0 Å². The highest BCUT2D eigenvalue weighted by Gasteiger charge is 2.23. The Bertz CT molecular complexity index is 199. The number of piperidine rings is 1. The maximum atomic E-state index is 10.7. The molecule has 1 fully saturated rings. The summed E-state index contributed by atoms with van der Waals surface area (Å²) >= 11 is 0. The van der Waals surface area contributed by atoms with Gasteiger partial charge >= 0.3 is 5.97 Å². The SMILES string of the molecule is CN(C)CCCN1CCC(C(=O)O)CC1. The summed E-state index contributed by atoms with van der Waals surface area (Å²) in [6.07, 6.45) is 2.80. The van der Waals surface area contributed by atoms with Gasteiger partial charge in [-0.2, -0.15) is 0 Å². The minimum Gasteiger partial charge on any atom is -0.481 e. The van der Waals surface area contributed by atoms with E-state index in [1.54, 1.807) is 0 Å². The van der Waals surface area contributed by atoms with E-state index >= 15 is 0 Å². The Balaban J connectivity index is 2.12. The first-order chi connectivity index (χ1) is 7.09. The molecule has 0 unspecified atom stereocenters. The van der Waals surface area contributed by atoms with Crippen LogP contribution in [0.3, 0.4) is 0 Å². The van der Waals surface area contributed by atoms with E-state index in [4.69, 9.17) is 5.11 Å². The van der Waals surface area contributed by atoms with Crippen LogP contribution in [0.4, 0.5) is 0 Å². The fraction of sp³-hybridized carbons (Fsp3) is 0.909. The lowest BCUT2D eigenvalue weighted by molar-refractivity contribution is -0.143. The molecular weight excluding hydrogens is 192 g/mol. The normalized spacial score (nSPS) is 19.7. The van der Waals surface area contributed by atoms with E-state index in [1.807, 2.05) is 0 Å². The van der Waals surface area contributed by atoms with E-state index in [-0.39, 0.29) is 5.92 Å². The Hall–Kier alpha value is -0.610. The third-order valence-electron chi connectivity index (χ3n) is 3.02. The maximum absolute atomic E-state index is 10.7. The lowest BCUT2D eigenvalue weighted by atomic mass is 9.97. The van der Waals surface area contributed by atoms with Crippen molar-refractivity contribution in [2.24, 2.45) is 5.92 Å². The zero-order chi connectivity index (χ0) is 11.3. The molecule has 0 amide bonds. The fourth-order valence-electron chi connectivity index (χ4n) is 2.01. The monoisotopic (exact) mass is 214 g/mol. The van der Waals surface area contributed by atoms with Crippen LogP contribution in [-0.2, 0) is 4.79 Å². The number of nitrogens with zero attached hydrogens (tertiary/aromatic N) is 2. The van der Waals surface area contributed by atoms with Gasteiger partial charge < -0.3 is 14.9 Å². The van der Waals surface area contributed by atoms with E-state index in [0.29, 0.717) is 0 Å². The summed E-state index contributed by atoms with van der Waals surface area (Å²) in [5.41, 5.74) is 0. The van der Waals surface area contributed by atoms with Gasteiger partial charge in [-0.25, -0.2) is 0 Å². The quantitative estimate of drug-likeness (QED) is 0.733. The highest BCUT2D eigenvalue weighted by Crippen LogP contribution is 2.17. The molecule has 1 N–H and O–H groups in total. The minimum absolute atomic E-state index is 0.102. The average Bonchev–Trinajstić information content (AvgIpc) is 2.18. The summed E-state index contributed by atoms with van der Waals surface area (Å²) in [6.45, 7) is 4.11. The van der Waals surface area contributed by atoms with Crippen LogP contribution in [0.25, 0.3) is 0 Å². The van der Waals surface area contributed by atoms with E-state index in [2.05, 4.69) is 23.9 Å². The van der Waals surface area contributed by atoms with Gasteiger partial charge in [-0.3, -0.25) is 4.79 Å². The van der Waals surface area contributed by atoms with Crippen LogP contribution >= 0.6 is 0 Å². The molecule has 1 heterocycles. The molecule has 15 heavy (non-hydrogen) atoms. The summed E-state index contributed by atoms with van der Waals surface area (Å²) < 4.78 is 0. The molecule has 0 aromatic heterocycles. The molecule has 0 spiro atoms. The predicted octanol–water partition coefficient (Wildman–Crippen LogP) is 0.735. The number of carboxylic acid groups (broad SMARTS) is 1. The molecule has 0 aliphatic carbocycles. The summed E-state index contributed by atoms with van der Waals surface area (Å²) in [6, 6.07) is 0. The highest BCUT2D eigenvalue weighted by atomic mass is 16.4. The Kier molecular flexibility index (Phi) is 5.05. The van der Waals surface area contributed by atoms with E-state index in [1.165, 1.54) is 6.42 Å². The van der Waals surface area contributed by atoms with Crippen LogP contribution < -0.4 is 0 Å². The highest BCUT2D eigenvalue weighted by molar-refractivity contribution is 5.70. The van der Waals surface area contributed by atoms with Crippen molar-refractivity contribution in [1.82, 2.24) is 9.80 Å². The molecule has 0 aromatic carbocycles. The van der Waals surface area contributed by atoms with Gasteiger partial charge in [0.2, 0.25) is 0 Å². The first kappa shape index (κ1) is 12.5. The molecule has 1 rings (SSSR count). The molecular formula is C11H22N2O2. The molecule has 0 aromatic rings. The Morgan fingerprint density at radius 2 is 2.00 bits per heavy atom. The maximum Gasteiger partial charge on any atom is 0.306 e. The zero-order valence-electron chi connectivity index (χ0n) is 9.78. The molecule has 1 aliphatic rings. The first-order valence-corrected chi connectivity index (χ1v) is 5.69. The van der Waals surface area contributed by atoms with E-state index in [9.17, 15) is 4.79 Å². The van der Waals surface area contributed by atoms with Crippen LogP contribution in [0.2, 0.25) is 0 Å². The van der Waals surface area contributed by atoms with Crippen molar-refractivity contribution in [2.45, 2.75) is 19.3 Å². The molecule has 0 saturated carbocycles. The van der Waals surface area contributed by atoms with Crippen LogP contribution in [0, 0.1) is 5.92 Å². The average molecular weight is 214 g/mol. The van der Waals surface area contributed by atoms with Crippen molar-refractivity contribution in [3.8, 4) is 0 Å². The number of carbonyl (C=O) groups is 1. The number of carboxylic acids is 1. The molecule has 1 aliphatic heterocycles. The molecule has 4 nitrogen and oxygen atoms in total. The predicted molar refractivity (Wildman–Crippen MR) is 60.0 cm³/mol. The minimum atomic E-state index is -0.622. The molecule has 88 valence electrons. The topological polar surface area (TPSA) is 43.8 Å². The van der Waals surface area contributed by atoms with Gasteiger partial charge in [-0.05, 0) is 59.5 Å². The van der Waals surface area contributed by atoms with Crippen molar-refractivity contribution in [1.29, 1.82) is 0 Å². The number of rotatable bonds is 5. The van der Waals surface area contributed by atoms with Gasteiger partial charge in [0.25, 0.3) is 0 Å². The van der Waals surface area contributed by atoms with Gasteiger partial charge in [0.1, 0.15) is 0 Å². The van der Waals surface area contributed by atoms with Crippen molar-refractivity contribution >= 4 is 5.97 Å². The second kappa shape index (κ2) is 6.08. The second-order valence-electron chi connectivity index (χ2n) is 4.61. The number of hydrogen-bond acceptors (Lipinski definition) is 3. The number of aliphatic carboxylic acids is 1. The Morgan fingerprint density at radius 3 is 2.47 bits per heavy atom. The van der Waals surface area contributed by atoms with Gasteiger partial charge in [0.15, 0.2) is 0 Å². The largest absolute Gasteiger partial charge is 0.481 e. The smallest absolute Gasteiger partial charge is 0.306 e. The van der Waals surface area contributed by atoms with Crippen LogP contribution in [-0.4, -0.2) is 61.2 Å². The van der Waals surface area contributed by atoms with Gasteiger partial charge in [0.05, 0.1) is 5.92 Å². The number of hydrogen-bond donors (Lipinski definition) is 1. The van der Waals surface area contributed by atoms with Crippen molar-refractivity contribution < 1.29 is 9.90 Å². The summed E-state index contributed by atoms with van der Waals surface area (Å²) in [7, 11) is 4.16. The lowest BCUT2D eigenvalue weighted by Crippen LogP contribution is -2.37. The lowest BCUT2D eigenvalue weighted by Gasteiger charge is -2.30. The summed E-state index contributed by atoms with van der Waals surface area (Å²) in [5, 5.41) is 8.85. The van der Waals surface area contributed by atoms with Crippen LogP contribution in [0.15, 0.2) is 0 Å². The standard InChI is InChI=1S/C11H22N2O2/c1-12(2)6-3-7-13-8-4-10(5-9-13)11(14)15/h10H,3-9H2,1-2H3,(H,14,15). The third kappa shape index (κ3) is 4.62. The zero-order valence-corrected chi connectivity index (χ0v) is 9.78. The molecule has 1 saturated heterocycles. The molecule has 0 bridgehead atoms. The summed E-state index contributed by atoms with van der Waals surface area (Å²) in [5.74, 6) is -0.724. The van der Waals surface area contributed by atoms with Gasteiger partial charge in [0, 0.05) is 0 Å². The summed E-state index contributed by atoms with van der Waals surface area (Å²) in [4.78, 5) is 15.3. The first-order valence-electron chi connectivity index (χ1n) is 5.69. The molecule has 0 atom stereocenters. The molecule has 4 heteroatoms. The van der Waals surface area contributed by atoms with Crippen LogP contribution in [0.1, 0.15) is 19.3 Å². The van der Waals surface area contributed by atoms with Gasteiger partial charge in [-0.15, -0.1) is 0 Å². The second-order valence-corrected chi connectivity index (χ2v) is 4.61. The van der Waals surface area contributed by atoms with Crippen molar-refractivity contribution in [3.63, 3.8) is 0 Å². The third-order valence-corrected chi connectivity index (χ3v) is 3.02.